The summed E-state index contributed by atoms with van der Waals surface area (Å²) in [5.41, 5.74) is 0.479. The average molecular weight is 376 g/mol. The molecular formula is C22H33NO4. The Morgan fingerprint density at radius 2 is 1.89 bits per heavy atom. The highest BCUT2D eigenvalue weighted by Gasteiger charge is 2.39. The molecule has 1 aliphatic rings. The van der Waals surface area contributed by atoms with Crippen LogP contribution in [0.1, 0.15) is 64.9 Å². The minimum Gasteiger partial charge on any atom is -0.460 e. The maximum atomic E-state index is 12.7. The zero-order valence-electron chi connectivity index (χ0n) is 16.9. The van der Waals surface area contributed by atoms with Gasteiger partial charge in [0.1, 0.15) is 5.60 Å². The van der Waals surface area contributed by atoms with Crippen LogP contribution in [0, 0.1) is 11.8 Å². The summed E-state index contributed by atoms with van der Waals surface area (Å²) in [5.74, 6) is -0.887. The fraction of sp³-hybridized carbons (Fsp3) is 0.636. The lowest BCUT2D eigenvalue weighted by molar-refractivity contribution is -0.160. The molecule has 0 aromatic heterocycles. The van der Waals surface area contributed by atoms with Crippen LogP contribution < -0.4 is 5.32 Å². The molecule has 0 saturated heterocycles. The molecule has 0 heterocycles. The monoisotopic (exact) mass is 375 g/mol. The zero-order chi connectivity index (χ0) is 20.0. The molecule has 2 rings (SSSR count). The van der Waals surface area contributed by atoms with Gasteiger partial charge < -0.3 is 15.2 Å². The molecule has 5 nitrogen and oxygen atoms in total. The number of hydrogen-bond acceptors (Lipinski definition) is 4. The van der Waals surface area contributed by atoms with E-state index < -0.39 is 11.7 Å². The van der Waals surface area contributed by atoms with Crippen molar-refractivity contribution in [1.29, 1.82) is 0 Å². The van der Waals surface area contributed by atoms with Crippen LogP contribution in [-0.4, -0.2) is 35.2 Å². The Kier molecular flexibility index (Phi) is 7.42. The molecule has 5 heteroatoms. The number of carbonyl (C=O) groups excluding carboxylic acids is 2. The first kappa shape index (κ1) is 21.4. The molecule has 4 atom stereocenters. The summed E-state index contributed by atoms with van der Waals surface area (Å²) in [4.78, 5) is 25.0. The van der Waals surface area contributed by atoms with Gasteiger partial charge in [-0.3, -0.25) is 9.59 Å². The van der Waals surface area contributed by atoms with Gasteiger partial charge >= 0.3 is 5.97 Å². The van der Waals surface area contributed by atoms with Crippen molar-refractivity contribution in [3.8, 4) is 0 Å². The maximum Gasteiger partial charge on any atom is 0.309 e. The van der Waals surface area contributed by atoms with Crippen molar-refractivity contribution < 1.29 is 19.4 Å². The van der Waals surface area contributed by atoms with Crippen LogP contribution in [0.25, 0.3) is 0 Å². The minimum absolute atomic E-state index is 0.0176. The van der Waals surface area contributed by atoms with Gasteiger partial charge in [-0.25, -0.2) is 0 Å². The molecule has 0 bridgehead atoms. The van der Waals surface area contributed by atoms with E-state index in [1.165, 1.54) is 0 Å². The Hall–Kier alpha value is -1.88. The van der Waals surface area contributed by atoms with Crippen molar-refractivity contribution in [1.82, 2.24) is 5.32 Å². The Morgan fingerprint density at radius 3 is 2.48 bits per heavy atom. The molecular weight excluding hydrogens is 342 g/mol. The van der Waals surface area contributed by atoms with Gasteiger partial charge in [-0.2, -0.15) is 0 Å². The summed E-state index contributed by atoms with van der Waals surface area (Å²) in [6.45, 7) is 7.96. The fourth-order valence-electron chi connectivity index (χ4n) is 3.68. The van der Waals surface area contributed by atoms with Gasteiger partial charge in [-0.1, -0.05) is 43.7 Å². The number of aliphatic hydroxyl groups is 1. The van der Waals surface area contributed by atoms with Crippen molar-refractivity contribution in [2.75, 3.05) is 6.54 Å². The number of aliphatic hydroxyl groups excluding tert-OH is 1. The van der Waals surface area contributed by atoms with Crippen LogP contribution in [0.4, 0.5) is 0 Å². The van der Waals surface area contributed by atoms with Crippen molar-refractivity contribution in [2.24, 2.45) is 11.8 Å². The molecule has 1 aromatic carbocycles. The molecule has 2 N–H and O–H groups in total. The van der Waals surface area contributed by atoms with E-state index >= 15 is 0 Å². The molecule has 1 saturated carbocycles. The van der Waals surface area contributed by atoms with Crippen molar-refractivity contribution >= 4 is 11.9 Å². The molecule has 1 aliphatic carbocycles. The number of nitrogens with one attached hydrogen (secondary N) is 1. The van der Waals surface area contributed by atoms with Gasteiger partial charge in [0.05, 0.1) is 17.9 Å². The molecule has 0 unspecified atom stereocenters. The second-order valence-corrected chi connectivity index (χ2v) is 8.53. The molecule has 0 aliphatic heterocycles. The second-order valence-electron chi connectivity index (χ2n) is 8.53. The van der Waals surface area contributed by atoms with Gasteiger partial charge in [0.2, 0.25) is 5.91 Å². The highest BCUT2D eigenvalue weighted by molar-refractivity contribution is 5.83. The van der Waals surface area contributed by atoms with Gasteiger partial charge in [0, 0.05) is 12.5 Å². The van der Waals surface area contributed by atoms with E-state index in [1.54, 1.807) is 0 Å². The third kappa shape index (κ3) is 6.35. The average Bonchev–Trinajstić information content (AvgIpc) is 2.98. The van der Waals surface area contributed by atoms with Gasteiger partial charge in [0.25, 0.3) is 0 Å². The fourth-order valence-corrected chi connectivity index (χ4v) is 3.68. The lowest BCUT2D eigenvalue weighted by Gasteiger charge is -2.22. The Bertz CT molecular complexity index is 623. The molecule has 27 heavy (non-hydrogen) atoms. The van der Waals surface area contributed by atoms with E-state index in [9.17, 15) is 14.7 Å². The largest absolute Gasteiger partial charge is 0.460 e. The smallest absolute Gasteiger partial charge is 0.309 e. The van der Waals surface area contributed by atoms with Crippen LogP contribution in [0.15, 0.2) is 30.3 Å². The van der Waals surface area contributed by atoms with Crippen LogP contribution in [0.5, 0.6) is 0 Å². The number of hydrogen-bond donors (Lipinski definition) is 2. The number of esters is 1. The lowest BCUT2D eigenvalue weighted by atomic mass is 9.93. The third-order valence-corrected chi connectivity index (χ3v) is 5.03. The van der Waals surface area contributed by atoms with E-state index in [4.69, 9.17) is 4.74 Å². The van der Waals surface area contributed by atoms with Gasteiger partial charge in [-0.15, -0.1) is 0 Å². The van der Waals surface area contributed by atoms with Crippen LogP contribution >= 0.6 is 0 Å². The molecule has 1 fully saturated rings. The molecule has 0 spiro atoms. The van der Waals surface area contributed by atoms with E-state index in [0.717, 1.165) is 18.4 Å². The summed E-state index contributed by atoms with van der Waals surface area (Å²) in [5, 5.41) is 13.3. The number of benzene rings is 1. The maximum absolute atomic E-state index is 12.7. The number of carbonyl (C=O) groups is 2. The predicted molar refractivity (Wildman–Crippen MR) is 105 cm³/mol. The summed E-state index contributed by atoms with van der Waals surface area (Å²) in [6, 6.07) is 9.77. The van der Waals surface area contributed by atoms with E-state index in [1.807, 2.05) is 51.1 Å². The van der Waals surface area contributed by atoms with Crippen LogP contribution in [0.2, 0.25) is 0 Å². The first-order chi connectivity index (χ1) is 12.7. The van der Waals surface area contributed by atoms with E-state index in [0.29, 0.717) is 19.4 Å². The van der Waals surface area contributed by atoms with Crippen molar-refractivity contribution in [3.05, 3.63) is 35.9 Å². The zero-order valence-corrected chi connectivity index (χ0v) is 16.9. The molecule has 1 aromatic rings. The number of ether oxygens (including phenoxy) is 1. The Balaban J connectivity index is 1.91. The van der Waals surface area contributed by atoms with E-state index in [-0.39, 0.29) is 29.6 Å². The van der Waals surface area contributed by atoms with Crippen molar-refractivity contribution in [3.63, 3.8) is 0 Å². The highest BCUT2D eigenvalue weighted by atomic mass is 16.6. The summed E-state index contributed by atoms with van der Waals surface area (Å²) in [7, 11) is 0. The van der Waals surface area contributed by atoms with Gasteiger partial charge in [-0.05, 0) is 45.6 Å². The second kappa shape index (κ2) is 9.36. The van der Waals surface area contributed by atoms with Crippen molar-refractivity contribution in [2.45, 2.75) is 71.0 Å². The van der Waals surface area contributed by atoms with Crippen LogP contribution in [-0.2, 0) is 14.3 Å². The summed E-state index contributed by atoms with van der Waals surface area (Å²) < 4.78 is 5.43. The normalized spacial score (nSPS) is 23.7. The minimum atomic E-state index is -0.593. The standard InChI is InChI=1S/C22H33NO4/c1-5-9-18(15-10-7-6-8-11-15)20(25)23-14-17-12-16(13-19(17)24)21(26)27-22(2,3)4/h6-8,10-11,16-19,24H,5,9,12-14H2,1-4H3,(H,23,25)/t16-,17-,18-,19+/m0/s1. The SMILES string of the molecule is CCC[C@H](C(=O)NC[C@@H]1C[C@H](C(=O)OC(C)(C)C)C[C@H]1O)c1ccccc1. The molecule has 1 amide bonds. The number of amides is 1. The summed E-state index contributed by atoms with van der Waals surface area (Å²) >= 11 is 0. The first-order valence-corrected chi connectivity index (χ1v) is 9.94. The molecule has 0 radical (unpaired) electrons. The quantitative estimate of drug-likeness (QED) is 0.716. The topological polar surface area (TPSA) is 75.6 Å². The first-order valence-electron chi connectivity index (χ1n) is 9.94. The van der Waals surface area contributed by atoms with E-state index in [2.05, 4.69) is 12.2 Å². The Labute approximate surface area is 162 Å². The Morgan fingerprint density at radius 1 is 1.22 bits per heavy atom. The van der Waals surface area contributed by atoms with Crippen LogP contribution in [0.3, 0.4) is 0 Å². The number of rotatable bonds is 7. The predicted octanol–water partition coefficient (Wildman–Crippen LogP) is 3.42. The summed E-state index contributed by atoms with van der Waals surface area (Å²) in [6.07, 6.45) is 2.04. The third-order valence-electron chi connectivity index (χ3n) is 5.03. The van der Waals surface area contributed by atoms with Gasteiger partial charge in [0.15, 0.2) is 0 Å². The lowest BCUT2D eigenvalue weighted by Crippen LogP contribution is -2.35. The molecule has 150 valence electrons. The highest BCUT2D eigenvalue weighted by Crippen LogP contribution is 2.33.